The number of rotatable bonds is 10. The SMILES string of the molecule is COCOc1ccc(OC)c(F)c1C(=O)c1ccc(C(=O)O[C@@H]2CNC[C@H]2NC(=O)c2ccc(O)cc2)cc1. The maximum Gasteiger partial charge on any atom is 0.338 e. The highest BCUT2D eigenvalue weighted by molar-refractivity contribution is 6.11. The van der Waals surface area contributed by atoms with Gasteiger partial charge in [-0.05, 0) is 48.5 Å². The molecule has 0 unspecified atom stereocenters. The van der Waals surface area contributed by atoms with E-state index >= 15 is 0 Å². The monoisotopic (exact) mass is 538 g/mol. The molecule has 3 aromatic rings. The first-order valence-electron chi connectivity index (χ1n) is 12.0. The van der Waals surface area contributed by atoms with Crippen molar-refractivity contribution >= 4 is 17.7 Å². The predicted molar refractivity (Wildman–Crippen MR) is 137 cm³/mol. The van der Waals surface area contributed by atoms with Gasteiger partial charge in [0, 0.05) is 31.3 Å². The van der Waals surface area contributed by atoms with Crippen LogP contribution in [0.4, 0.5) is 4.39 Å². The molecule has 0 bridgehead atoms. The van der Waals surface area contributed by atoms with Crippen LogP contribution in [0.15, 0.2) is 60.7 Å². The molecule has 204 valence electrons. The van der Waals surface area contributed by atoms with E-state index in [2.05, 4.69) is 10.6 Å². The molecule has 11 heteroatoms. The number of phenols is 1. The molecule has 10 nitrogen and oxygen atoms in total. The van der Waals surface area contributed by atoms with Crippen molar-refractivity contribution in [2.75, 3.05) is 34.1 Å². The molecule has 1 saturated heterocycles. The van der Waals surface area contributed by atoms with Crippen molar-refractivity contribution in [3.63, 3.8) is 0 Å². The van der Waals surface area contributed by atoms with Gasteiger partial charge in [-0.15, -0.1) is 0 Å². The first-order valence-corrected chi connectivity index (χ1v) is 12.0. The molecule has 0 radical (unpaired) electrons. The number of ether oxygens (including phenoxy) is 4. The number of methoxy groups -OCH3 is 2. The third-order valence-electron chi connectivity index (χ3n) is 6.09. The number of carbonyl (C=O) groups is 3. The van der Waals surface area contributed by atoms with Gasteiger partial charge in [-0.2, -0.15) is 0 Å². The Morgan fingerprint density at radius 1 is 0.923 bits per heavy atom. The lowest BCUT2D eigenvalue weighted by Gasteiger charge is -2.20. The van der Waals surface area contributed by atoms with Gasteiger partial charge in [-0.3, -0.25) is 9.59 Å². The van der Waals surface area contributed by atoms with E-state index < -0.39 is 29.7 Å². The summed E-state index contributed by atoms with van der Waals surface area (Å²) in [5, 5.41) is 15.3. The van der Waals surface area contributed by atoms with Crippen LogP contribution in [0.25, 0.3) is 0 Å². The second-order valence-electron chi connectivity index (χ2n) is 8.64. The second-order valence-corrected chi connectivity index (χ2v) is 8.64. The third kappa shape index (κ3) is 6.33. The quantitative estimate of drug-likeness (QED) is 0.202. The minimum absolute atomic E-state index is 0.0160. The molecule has 3 N–H and O–H groups in total. The van der Waals surface area contributed by atoms with Crippen molar-refractivity contribution in [1.82, 2.24) is 10.6 Å². The first-order chi connectivity index (χ1) is 18.8. The Balaban J connectivity index is 1.44. The summed E-state index contributed by atoms with van der Waals surface area (Å²) in [5.74, 6) is -2.67. The molecule has 0 spiro atoms. The number of carbonyl (C=O) groups excluding carboxylic acids is 3. The van der Waals surface area contributed by atoms with Crippen LogP contribution < -0.4 is 20.1 Å². The number of ketones is 1. The van der Waals surface area contributed by atoms with Gasteiger partial charge in [0.25, 0.3) is 5.91 Å². The molecule has 1 fully saturated rings. The largest absolute Gasteiger partial charge is 0.508 e. The number of esters is 1. The zero-order valence-corrected chi connectivity index (χ0v) is 21.2. The summed E-state index contributed by atoms with van der Waals surface area (Å²) in [6, 6.07) is 13.6. The predicted octanol–water partition coefficient (Wildman–Crippen LogP) is 2.68. The Labute approximate surface area is 223 Å². The maximum atomic E-state index is 15.0. The van der Waals surface area contributed by atoms with Gasteiger partial charge in [0.1, 0.15) is 23.2 Å². The van der Waals surface area contributed by atoms with E-state index in [1.807, 2.05) is 0 Å². The van der Waals surface area contributed by atoms with Crippen LogP contribution in [-0.2, 0) is 9.47 Å². The van der Waals surface area contributed by atoms with Crippen LogP contribution in [0.2, 0.25) is 0 Å². The number of amides is 1. The number of hydrogen-bond donors (Lipinski definition) is 3. The van der Waals surface area contributed by atoms with Crippen LogP contribution in [0.1, 0.15) is 36.6 Å². The van der Waals surface area contributed by atoms with Gasteiger partial charge < -0.3 is 34.7 Å². The van der Waals surface area contributed by atoms with Crippen molar-refractivity contribution in [2.45, 2.75) is 12.1 Å². The van der Waals surface area contributed by atoms with E-state index in [0.29, 0.717) is 18.7 Å². The van der Waals surface area contributed by atoms with Crippen molar-refractivity contribution < 1.29 is 42.8 Å². The van der Waals surface area contributed by atoms with E-state index in [1.54, 1.807) is 0 Å². The summed E-state index contributed by atoms with van der Waals surface area (Å²) in [6.07, 6.45) is -0.633. The van der Waals surface area contributed by atoms with Gasteiger partial charge in [-0.25, -0.2) is 9.18 Å². The van der Waals surface area contributed by atoms with E-state index in [-0.39, 0.29) is 46.6 Å². The highest BCUT2D eigenvalue weighted by Gasteiger charge is 2.32. The summed E-state index contributed by atoms with van der Waals surface area (Å²) in [5.41, 5.74) is 0.311. The molecular formula is C28H27FN2O8. The number of nitrogens with one attached hydrogen (secondary N) is 2. The molecule has 1 aliphatic heterocycles. The molecule has 1 amide bonds. The average Bonchev–Trinajstić information content (AvgIpc) is 3.38. The van der Waals surface area contributed by atoms with Crippen LogP contribution in [0.5, 0.6) is 17.2 Å². The molecule has 3 aromatic carbocycles. The normalized spacial score (nSPS) is 16.4. The van der Waals surface area contributed by atoms with Crippen LogP contribution in [-0.4, -0.2) is 69.0 Å². The minimum atomic E-state index is -0.881. The molecule has 1 heterocycles. The number of hydrogen-bond acceptors (Lipinski definition) is 9. The van der Waals surface area contributed by atoms with Crippen molar-refractivity contribution in [3.8, 4) is 17.2 Å². The number of aromatic hydroxyl groups is 1. The van der Waals surface area contributed by atoms with Crippen LogP contribution >= 0.6 is 0 Å². The lowest BCUT2D eigenvalue weighted by atomic mass is 10.00. The fourth-order valence-corrected chi connectivity index (χ4v) is 4.05. The molecule has 1 aliphatic rings. The fraction of sp³-hybridized carbons (Fsp3) is 0.250. The smallest absolute Gasteiger partial charge is 0.338 e. The Hall–Kier alpha value is -4.48. The third-order valence-corrected chi connectivity index (χ3v) is 6.09. The topological polar surface area (TPSA) is 132 Å². The Morgan fingerprint density at radius 3 is 2.23 bits per heavy atom. The standard InChI is InChI=1S/C28H27FN2O8/c1-36-15-38-21-11-12-22(37-2)25(29)24(21)26(33)16-3-5-18(6-4-16)28(35)39-23-14-30-13-20(23)31-27(34)17-7-9-19(32)10-8-17/h3-12,20,23,30,32H,13-15H2,1-2H3,(H,31,34)/t20-,23-/m1/s1. The highest BCUT2D eigenvalue weighted by Crippen LogP contribution is 2.31. The molecular weight excluding hydrogens is 511 g/mol. The first kappa shape index (κ1) is 27.6. The summed E-state index contributed by atoms with van der Waals surface area (Å²) in [4.78, 5) is 38.5. The van der Waals surface area contributed by atoms with Gasteiger partial charge in [0.05, 0.1) is 18.7 Å². The number of halogens is 1. The summed E-state index contributed by atoms with van der Waals surface area (Å²) in [7, 11) is 2.68. The van der Waals surface area contributed by atoms with Gasteiger partial charge >= 0.3 is 5.97 Å². The Morgan fingerprint density at radius 2 is 1.56 bits per heavy atom. The van der Waals surface area contributed by atoms with Crippen LogP contribution in [0, 0.1) is 5.82 Å². The Kier molecular flexibility index (Phi) is 8.74. The van der Waals surface area contributed by atoms with Gasteiger partial charge in [0.2, 0.25) is 0 Å². The maximum absolute atomic E-state index is 15.0. The fourth-order valence-electron chi connectivity index (χ4n) is 4.05. The van der Waals surface area contributed by atoms with E-state index in [9.17, 15) is 23.9 Å². The summed E-state index contributed by atoms with van der Waals surface area (Å²) < 4.78 is 35.8. The van der Waals surface area contributed by atoms with E-state index in [4.69, 9.17) is 18.9 Å². The number of benzene rings is 3. The zero-order valence-electron chi connectivity index (χ0n) is 21.2. The molecule has 0 saturated carbocycles. The number of phenolic OH excluding ortho intramolecular Hbond substituents is 1. The lowest BCUT2D eigenvalue weighted by Crippen LogP contribution is -2.44. The Bertz CT molecular complexity index is 1340. The van der Waals surface area contributed by atoms with E-state index in [0.717, 1.165) is 0 Å². The molecule has 39 heavy (non-hydrogen) atoms. The molecule has 2 atom stereocenters. The second kappa shape index (κ2) is 12.4. The molecule has 0 aromatic heterocycles. The van der Waals surface area contributed by atoms with Crippen molar-refractivity contribution in [3.05, 3.63) is 88.7 Å². The lowest BCUT2D eigenvalue weighted by molar-refractivity contribution is 0.0283. The summed E-state index contributed by atoms with van der Waals surface area (Å²) in [6.45, 7) is 0.542. The van der Waals surface area contributed by atoms with Crippen molar-refractivity contribution in [1.29, 1.82) is 0 Å². The highest BCUT2D eigenvalue weighted by atomic mass is 19.1. The minimum Gasteiger partial charge on any atom is -0.508 e. The summed E-state index contributed by atoms with van der Waals surface area (Å²) >= 11 is 0. The van der Waals surface area contributed by atoms with Crippen LogP contribution in [0.3, 0.4) is 0 Å². The van der Waals surface area contributed by atoms with E-state index in [1.165, 1.54) is 74.9 Å². The zero-order chi connectivity index (χ0) is 27.9. The van der Waals surface area contributed by atoms with Gasteiger partial charge in [0.15, 0.2) is 24.1 Å². The van der Waals surface area contributed by atoms with Gasteiger partial charge in [-0.1, -0.05) is 12.1 Å². The van der Waals surface area contributed by atoms with Crippen molar-refractivity contribution in [2.24, 2.45) is 0 Å². The molecule has 4 rings (SSSR count). The average molecular weight is 539 g/mol. The molecule has 0 aliphatic carbocycles.